The van der Waals surface area contributed by atoms with Gasteiger partial charge in [0.1, 0.15) is 12.6 Å². The van der Waals surface area contributed by atoms with Crippen LogP contribution >= 0.6 is 0 Å². The van der Waals surface area contributed by atoms with Crippen LogP contribution in [0.15, 0.2) is 30.3 Å². The van der Waals surface area contributed by atoms with E-state index < -0.39 is 23.3 Å². The molecule has 0 radical (unpaired) electrons. The van der Waals surface area contributed by atoms with Crippen LogP contribution in [-0.2, 0) is 19.8 Å². The van der Waals surface area contributed by atoms with E-state index in [1.807, 2.05) is 30.3 Å². The third kappa shape index (κ3) is 1.90. The largest absolute Gasteiger partial charge is 0.321 e. The van der Waals surface area contributed by atoms with Gasteiger partial charge >= 0.3 is 0 Å². The normalized spacial score (nSPS) is 24.2. The third-order valence-electron chi connectivity index (χ3n) is 4.17. The molecule has 1 aromatic rings. The molecule has 1 heterocycles. The molecular weight excluding hydrogens is 256 g/mol. The van der Waals surface area contributed by atoms with Gasteiger partial charge in [-0.05, 0) is 25.3 Å². The summed E-state index contributed by atoms with van der Waals surface area (Å²) in [4.78, 5) is 37.4. The SMILES string of the molecule is CC1C(=O)NC(=O)CN1C(=O)C1(c2ccccc2)CC1. The Balaban J connectivity index is 1.89. The maximum absolute atomic E-state index is 12.8. The summed E-state index contributed by atoms with van der Waals surface area (Å²) in [5.41, 5.74) is 0.434. The van der Waals surface area contributed by atoms with E-state index in [-0.39, 0.29) is 12.5 Å². The molecular formula is C15H16N2O3. The molecule has 5 heteroatoms. The summed E-state index contributed by atoms with van der Waals surface area (Å²) in [6, 6.07) is 8.98. The van der Waals surface area contributed by atoms with Gasteiger partial charge in [-0.25, -0.2) is 0 Å². The molecule has 3 rings (SSSR count). The van der Waals surface area contributed by atoms with Crippen LogP contribution in [0.25, 0.3) is 0 Å². The Hall–Kier alpha value is -2.17. The summed E-state index contributed by atoms with van der Waals surface area (Å²) < 4.78 is 0. The van der Waals surface area contributed by atoms with Crippen LogP contribution in [0.3, 0.4) is 0 Å². The van der Waals surface area contributed by atoms with Gasteiger partial charge in [-0.3, -0.25) is 19.7 Å². The number of hydrogen-bond donors (Lipinski definition) is 1. The maximum Gasteiger partial charge on any atom is 0.249 e. The Morgan fingerprint density at radius 3 is 2.50 bits per heavy atom. The summed E-state index contributed by atoms with van der Waals surface area (Å²) >= 11 is 0. The van der Waals surface area contributed by atoms with Crippen molar-refractivity contribution >= 4 is 17.7 Å². The van der Waals surface area contributed by atoms with Crippen molar-refractivity contribution in [2.45, 2.75) is 31.2 Å². The van der Waals surface area contributed by atoms with Crippen molar-refractivity contribution in [3.8, 4) is 0 Å². The topological polar surface area (TPSA) is 66.5 Å². The van der Waals surface area contributed by atoms with Crippen molar-refractivity contribution < 1.29 is 14.4 Å². The number of imide groups is 1. The first kappa shape index (κ1) is 12.8. The summed E-state index contributed by atoms with van der Waals surface area (Å²) in [6.07, 6.45) is 1.55. The van der Waals surface area contributed by atoms with Gasteiger partial charge in [0.15, 0.2) is 0 Å². The van der Waals surface area contributed by atoms with Crippen LogP contribution in [-0.4, -0.2) is 35.2 Å². The van der Waals surface area contributed by atoms with Crippen molar-refractivity contribution in [3.05, 3.63) is 35.9 Å². The second-order valence-electron chi connectivity index (χ2n) is 5.47. The smallest absolute Gasteiger partial charge is 0.249 e. The first-order chi connectivity index (χ1) is 9.54. The molecule has 0 bridgehead atoms. The van der Waals surface area contributed by atoms with E-state index in [9.17, 15) is 14.4 Å². The van der Waals surface area contributed by atoms with Crippen LogP contribution in [0.5, 0.6) is 0 Å². The van der Waals surface area contributed by atoms with Crippen LogP contribution in [0.2, 0.25) is 0 Å². The molecule has 0 spiro atoms. The molecule has 104 valence electrons. The van der Waals surface area contributed by atoms with Gasteiger partial charge in [0.2, 0.25) is 17.7 Å². The van der Waals surface area contributed by atoms with E-state index in [4.69, 9.17) is 0 Å². The number of piperazine rings is 1. The standard InChI is InChI=1S/C15H16N2O3/c1-10-13(19)16-12(18)9-17(10)14(20)15(7-8-15)11-5-3-2-4-6-11/h2-6,10H,7-9H2,1H3,(H,16,18,19). The lowest BCUT2D eigenvalue weighted by molar-refractivity contribution is -0.150. The van der Waals surface area contributed by atoms with Gasteiger partial charge in [0.25, 0.3) is 0 Å². The van der Waals surface area contributed by atoms with Crippen molar-refractivity contribution in [1.82, 2.24) is 10.2 Å². The molecule has 1 aromatic carbocycles. The number of carbonyl (C=O) groups excluding carboxylic acids is 3. The zero-order valence-corrected chi connectivity index (χ0v) is 11.3. The van der Waals surface area contributed by atoms with Crippen LogP contribution < -0.4 is 5.32 Å². The molecule has 1 saturated carbocycles. The number of hydrogen-bond acceptors (Lipinski definition) is 3. The lowest BCUT2D eigenvalue weighted by Gasteiger charge is -2.34. The molecule has 3 amide bonds. The number of carbonyl (C=O) groups is 3. The number of benzene rings is 1. The van der Waals surface area contributed by atoms with Crippen LogP contribution in [0, 0.1) is 0 Å². The van der Waals surface area contributed by atoms with Crippen molar-refractivity contribution in [1.29, 1.82) is 0 Å². The first-order valence-corrected chi connectivity index (χ1v) is 6.75. The van der Waals surface area contributed by atoms with Gasteiger partial charge < -0.3 is 4.90 Å². The molecule has 1 unspecified atom stereocenters. The fraction of sp³-hybridized carbons (Fsp3) is 0.400. The van der Waals surface area contributed by atoms with E-state index in [0.717, 1.165) is 18.4 Å². The van der Waals surface area contributed by atoms with E-state index in [1.165, 1.54) is 4.90 Å². The van der Waals surface area contributed by atoms with Crippen molar-refractivity contribution in [2.24, 2.45) is 0 Å². The minimum atomic E-state index is -0.596. The van der Waals surface area contributed by atoms with Gasteiger partial charge in [0, 0.05) is 0 Å². The van der Waals surface area contributed by atoms with Gasteiger partial charge in [0.05, 0.1) is 5.41 Å². The Bertz CT molecular complexity index is 578. The molecule has 1 saturated heterocycles. The molecule has 5 nitrogen and oxygen atoms in total. The number of amides is 3. The molecule has 1 aliphatic heterocycles. The van der Waals surface area contributed by atoms with E-state index >= 15 is 0 Å². The third-order valence-corrected chi connectivity index (χ3v) is 4.17. The van der Waals surface area contributed by atoms with E-state index in [2.05, 4.69) is 5.32 Å². The zero-order valence-electron chi connectivity index (χ0n) is 11.3. The highest BCUT2D eigenvalue weighted by Gasteiger charge is 2.54. The highest BCUT2D eigenvalue weighted by Crippen LogP contribution is 2.49. The second kappa shape index (κ2) is 4.44. The van der Waals surface area contributed by atoms with Crippen molar-refractivity contribution in [2.75, 3.05) is 6.54 Å². The average Bonchev–Trinajstić information content (AvgIpc) is 3.25. The minimum absolute atomic E-state index is 0.0413. The predicted molar refractivity (Wildman–Crippen MR) is 71.7 cm³/mol. The highest BCUT2D eigenvalue weighted by atomic mass is 16.2. The van der Waals surface area contributed by atoms with Crippen molar-refractivity contribution in [3.63, 3.8) is 0 Å². The molecule has 2 fully saturated rings. The molecule has 1 aliphatic carbocycles. The van der Waals surface area contributed by atoms with Gasteiger partial charge in [-0.15, -0.1) is 0 Å². The van der Waals surface area contributed by atoms with E-state index in [0.29, 0.717) is 0 Å². The van der Waals surface area contributed by atoms with Gasteiger partial charge in [-0.2, -0.15) is 0 Å². The summed E-state index contributed by atoms with van der Waals surface area (Å²) in [6.45, 7) is 1.61. The Kier molecular flexibility index (Phi) is 2.85. The van der Waals surface area contributed by atoms with Crippen LogP contribution in [0.4, 0.5) is 0 Å². The molecule has 20 heavy (non-hydrogen) atoms. The molecule has 1 atom stereocenters. The van der Waals surface area contributed by atoms with Crippen LogP contribution in [0.1, 0.15) is 25.3 Å². The fourth-order valence-corrected chi connectivity index (χ4v) is 2.75. The Labute approximate surface area is 116 Å². The molecule has 0 aromatic heterocycles. The van der Waals surface area contributed by atoms with E-state index in [1.54, 1.807) is 6.92 Å². The average molecular weight is 272 g/mol. The highest BCUT2D eigenvalue weighted by molar-refractivity contribution is 6.06. The number of rotatable bonds is 2. The summed E-state index contributed by atoms with van der Waals surface area (Å²) in [5.74, 6) is -0.928. The number of nitrogens with one attached hydrogen (secondary N) is 1. The quantitative estimate of drug-likeness (QED) is 0.801. The Morgan fingerprint density at radius 2 is 1.90 bits per heavy atom. The number of nitrogens with zero attached hydrogens (tertiary/aromatic N) is 1. The first-order valence-electron chi connectivity index (χ1n) is 6.75. The summed E-state index contributed by atoms with van der Waals surface area (Å²) in [5, 5.41) is 2.25. The van der Waals surface area contributed by atoms with Gasteiger partial charge in [-0.1, -0.05) is 30.3 Å². The molecule has 1 N–H and O–H groups in total. The molecule has 2 aliphatic rings. The monoisotopic (exact) mass is 272 g/mol. The maximum atomic E-state index is 12.8. The fourth-order valence-electron chi connectivity index (χ4n) is 2.75. The second-order valence-corrected chi connectivity index (χ2v) is 5.47. The Morgan fingerprint density at radius 1 is 1.25 bits per heavy atom. The lowest BCUT2D eigenvalue weighted by Crippen LogP contribution is -2.60. The summed E-state index contributed by atoms with van der Waals surface area (Å²) in [7, 11) is 0. The zero-order chi connectivity index (χ0) is 14.3. The lowest BCUT2D eigenvalue weighted by atomic mass is 9.93. The minimum Gasteiger partial charge on any atom is -0.321 e. The predicted octanol–water partition coefficient (Wildman–Crippen LogP) is 0.592.